The fourth-order valence-electron chi connectivity index (χ4n) is 0.886. The summed E-state index contributed by atoms with van der Waals surface area (Å²) in [5.41, 5.74) is 4.93. The molecule has 1 amide bonds. The minimum Gasteiger partial charge on any atom is -0.368 e. The van der Waals surface area contributed by atoms with E-state index in [9.17, 15) is 9.59 Å². The smallest absolute Gasteiger partial charge is 0.238 e. The maximum absolute atomic E-state index is 11.4. The first kappa shape index (κ1) is 11.1. The molecule has 1 unspecified atom stereocenters. The van der Waals surface area contributed by atoms with Crippen molar-refractivity contribution in [2.75, 3.05) is 0 Å². The van der Waals surface area contributed by atoms with Gasteiger partial charge in [0.2, 0.25) is 5.91 Å². The van der Waals surface area contributed by atoms with Crippen molar-refractivity contribution in [1.29, 1.82) is 5.26 Å². The van der Waals surface area contributed by atoms with Crippen molar-refractivity contribution < 1.29 is 9.59 Å². The largest absolute Gasteiger partial charge is 0.368 e. The van der Waals surface area contributed by atoms with Crippen LogP contribution in [-0.4, -0.2) is 11.7 Å². The standard InChI is InChI=1S/C10H8N2O2S/c11-6-7(10(12)14)3-4-8(13)9-2-1-5-15-9/h1-5,7H,(H2,12,14)/b4-3+. The fourth-order valence-corrected chi connectivity index (χ4v) is 1.53. The molecule has 2 N–H and O–H groups in total. The van der Waals surface area contributed by atoms with E-state index < -0.39 is 11.8 Å². The predicted octanol–water partition coefficient (Wildman–Crippen LogP) is 1.11. The molecule has 1 heterocycles. The van der Waals surface area contributed by atoms with Crippen LogP contribution >= 0.6 is 11.3 Å². The number of primary amides is 1. The van der Waals surface area contributed by atoms with Crippen LogP contribution in [0.1, 0.15) is 9.67 Å². The highest BCUT2D eigenvalue weighted by atomic mass is 32.1. The van der Waals surface area contributed by atoms with Crippen LogP contribution in [0.25, 0.3) is 0 Å². The molecule has 15 heavy (non-hydrogen) atoms. The Morgan fingerprint density at radius 3 is 2.80 bits per heavy atom. The first-order valence-corrected chi connectivity index (χ1v) is 4.98. The lowest BCUT2D eigenvalue weighted by Gasteiger charge is -1.94. The molecule has 0 spiro atoms. The number of rotatable bonds is 4. The number of carbonyl (C=O) groups is 2. The van der Waals surface area contributed by atoms with Gasteiger partial charge in [-0.3, -0.25) is 9.59 Å². The van der Waals surface area contributed by atoms with Gasteiger partial charge in [0, 0.05) is 0 Å². The molecule has 0 aliphatic rings. The minimum absolute atomic E-state index is 0.230. The summed E-state index contributed by atoms with van der Waals surface area (Å²) in [5, 5.41) is 10.3. The zero-order valence-corrected chi connectivity index (χ0v) is 8.53. The highest BCUT2D eigenvalue weighted by Crippen LogP contribution is 2.10. The van der Waals surface area contributed by atoms with Gasteiger partial charge in [0.05, 0.1) is 10.9 Å². The molecular formula is C10H8N2O2S. The van der Waals surface area contributed by atoms with E-state index >= 15 is 0 Å². The monoisotopic (exact) mass is 220 g/mol. The van der Waals surface area contributed by atoms with E-state index in [2.05, 4.69) is 0 Å². The van der Waals surface area contributed by atoms with Crippen LogP contribution in [0.4, 0.5) is 0 Å². The number of allylic oxidation sites excluding steroid dienone is 1. The number of hydrogen-bond acceptors (Lipinski definition) is 4. The molecule has 0 saturated heterocycles. The van der Waals surface area contributed by atoms with Crippen molar-refractivity contribution in [3.63, 3.8) is 0 Å². The zero-order chi connectivity index (χ0) is 11.3. The SMILES string of the molecule is N#CC(/C=C/C(=O)c1cccs1)C(N)=O. The van der Waals surface area contributed by atoms with Gasteiger partial charge >= 0.3 is 0 Å². The van der Waals surface area contributed by atoms with Gasteiger partial charge < -0.3 is 5.73 Å². The number of nitrogens with two attached hydrogens (primary N) is 1. The Labute approximate surface area is 90.6 Å². The summed E-state index contributed by atoms with van der Waals surface area (Å²) in [4.78, 5) is 22.6. The molecular weight excluding hydrogens is 212 g/mol. The lowest BCUT2D eigenvalue weighted by atomic mass is 10.1. The topological polar surface area (TPSA) is 83.9 Å². The van der Waals surface area contributed by atoms with Crippen molar-refractivity contribution in [1.82, 2.24) is 0 Å². The fraction of sp³-hybridized carbons (Fsp3) is 0.100. The van der Waals surface area contributed by atoms with Gasteiger partial charge in [0.25, 0.3) is 0 Å². The third kappa shape index (κ3) is 3.04. The van der Waals surface area contributed by atoms with Crippen molar-refractivity contribution >= 4 is 23.0 Å². The van der Waals surface area contributed by atoms with E-state index in [-0.39, 0.29) is 5.78 Å². The van der Waals surface area contributed by atoms with E-state index in [0.29, 0.717) is 4.88 Å². The molecule has 0 fully saturated rings. The minimum atomic E-state index is -1.05. The molecule has 4 nitrogen and oxygen atoms in total. The number of amides is 1. The zero-order valence-electron chi connectivity index (χ0n) is 7.71. The van der Waals surface area contributed by atoms with Gasteiger partial charge in [0.15, 0.2) is 5.78 Å². The molecule has 5 heteroatoms. The van der Waals surface area contributed by atoms with Crippen LogP contribution in [-0.2, 0) is 4.79 Å². The maximum atomic E-state index is 11.4. The number of nitrogens with zero attached hydrogens (tertiary/aromatic N) is 1. The maximum Gasteiger partial charge on any atom is 0.238 e. The number of thiophene rings is 1. The average Bonchev–Trinajstić information content (AvgIpc) is 2.70. The van der Waals surface area contributed by atoms with Gasteiger partial charge in [-0.2, -0.15) is 5.26 Å². The van der Waals surface area contributed by atoms with Gasteiger partial charge in [-0.25, -0.2) is 0 Å². The van der Waals surface area contributed by atoms with E-state index in [0.717, 1.165) is 0 Å². The van der Waals surface area contributed by atoms with Crippen molar-refractivity contribution in [2.24, 2.45) is 11.7 Å². The second kappa shape index (κ2) is 5.08. The Balaban J connectivity index is 2.70. The summed E-state index contributed by atoms with van der Waals surface area (Å²) in [7, 11) is 0. The van der Waals surface area contributed by atoms with Gasteiger partial charge in [-0.15, -0.1) is 11.3 Å². The Morgan fingerprint density at radius 2 is 2.33 bits per heavy atom. The summed E-state index contributed by atoms with van der Waals surface area (Å²) < 4.78 is 0. The van der Waals surface area contributed by atoms with E-state index in [1.54, 1.807) is 23.6 Å². The molecule has 1 atom stereocenters. The summed E-state index contributed by atoms with van der Waals surface area (Å²) >= 11 is 1.30. The molecule has 0 aliphatic heterocycles. The Kier molecular flexibility index (Phi) is 3.77. The normalized spacial score (nSPS) is 12.2. The van der Waals surface area contributed by atoms with E-state index in [1.807, 2.05) is 0 Å². The molecule has 0 saturated carbocycles. The second-order valence-corrected chi connectivity index (χ2v) is 3.66. The molecule has 1 rings (SSSR count). The van der Waals surface area contributed by atoms with Crippen LogP contribution in [0, 0.1) is 17.2 Å². The average molecular weight is 220 g/mol. The Bertz CT molecular complexity index is 429. The van der Waals surface area contributed by atoms with E-state index in [4.69, 9.17) is 11.0 Å². The Hall–Kier alpha value is -1.93. The molecule has 76 valence electrons. The summed E-state index contributed by atoms with van der Waals surface area (Å²) in [5.74, 6) is -2.03. The predicted molar refractivity (Wildman–Crippen MR) is 56.1 cm³/mol. The number of hydrogen-bond donors (Lipinski definition) is 1. The number of carbonyl (C=O) groups excluding carboxylic acids is 2. The summed E-state index contributed by atoms with van der Waals surface area (Å²) in [6.45, 7) is 0. The van der Waals surface area contributed by atoms with Crippen LogP contribution < -0.4 is 5.73 Å². The molecule has 1 aromatic heterocycles. The lowest BCUT2D eigenvalue weighted by Crippen LogP contribution is -2.20. The van der Waals surface area contributed by atoms with Gasteiger partial charge in [0.1, 0.15) is 5.92 Å². The van der Waals surface area contributed by atoms with Crippen LogP contribution in [0.2, 0.25) is 0 Å². The summed E-state index contributed by atoms with van der Waals surface area (Å²) in [6.07, 6.45) is 2.41. The van der Waals surface area contributed by atoms with Crippen LogP contribution in [0.5, 0.6) is 0 Å². The number of nitriles is 1. The molecule has 0 radical (unpaired) electrons. The third-order valence-corrected chi connectivity index (χ3v) is 2.53. The molecule has 0 aromatic carbocycles. The quantitative estimate of drug-likeness (QED) is 0.609. The first-order valence-electron chi connectivity index (χ1n) is 4.10. The van der Waals surface area contributed by atoms with Crippen molar-refractivity contribution in [3.05, 3.63) is 34.5 Å². The lowest BCUT2D eigenvalue weighted by molar-refractivity contribution is -0.119. The van der Waals surface area contributed by atoms with Crippen molar-refractivity contribution in [3.8, 4) is 6.07 Å². The molecule has 1 aromatic rings. The van der Waals surface area contributed by atoms with Crippen molar-refractivity contribution in [2.45, 2.75) is 0 Å². The summed E-state index contributed by atoms with van der Waals surface area (Å²) in [6, 6.07) is 5.11. The molecule has 0 aliphatic carbocycles. The van der Waals surface area contributed by atoms with Crippen LogP contribution in [0.3, 0.4) is 0 Å². The number of ketones is 1. The first-order chi connectivity index (χ1) is 7.15. The van der Waals surface area contributed by atoms with E-state index in [1.165, 1.54) is 23.5 Å². The van der Waals surface area contributed by atoms with Gasteiger partial charge in [-0.1, -0.05) is 12.1 Å². The second-order valence-electron chi connectivity index (χ2n) is 2.71. The highest BCUT2D eigenvalue weighted by molar-refractivity contribution is 7.12. The van der Waals surface area contributed by atoms with Gasteiger partial charge in [-0.05, 0) is 17.5 Å². The molecule has 0 bridgehead atoms. The highest BCUT2D eigenvalue weighted by Gasteiger charge is 2.10. The van der Waals surface area contributed by atoms with Crippen LogP contribution in [0.15, 0.2) is 29.7 Å². The Morgan fingerprint density at radius 1 is 1.60 bits per heavy atom. The third-order valence-electron chi connectivity index (χ3n) is 1.65.